The summed E-state index contributed by atoms with van der Waals surface area (Å²) in [5.74, 6) is -2.76. The number of nitrogens with zero attached hydrogens (tertiary/aromatic N) is 2. The number of aliphatic carboxylic acids is 1. The molecule has 26 heavy (non-hydrogen) atoms. The lowest BCUT2D eigenvalue weighted by Crippen LogP contribution is -2.39. The number of nitrogens with two attached hydrogens (primary N) is 1. The van der Waals surface area contributed by atoms with E-state index in [0.717, 1.165) is 17.8 Å². The molecule has 1 aromatic rings. The van der Waals surface area contributed by atoms with Crippen molar-refractivity contribution in [3.63, 3.8) is 0 Å². The van der Waals surface area contributed by atoms with Crippen molar-refractivity contribution in [2.45, 2.75) is 51.4 Å². The van der Waals surface area contributed by atoms with E-state index in [1.165, 1.54) is 50.1 Å². The Morgan fingerprint density at radius 3 is 2.42 bits per heavy atom. The summed E-state index contributed by atoms with van der Waals surface area (Å²) in [5.41, 5.74) is 9.33. The molecule has 2 aliphatic heterocycles. The molecule has 0 spiro atoms. The van der Waals surface area contributed by atoms with E-state index in [0.29, 0.717) is 0 Å². The fourth-order valence-corrected chi connectivity index (χ4v) is 3.60. The number of nitrogen functional groups attached to an aromatic ring is 1. The average molecular weight is 373 g/mol. The zero-order valence-electron chi connectivity index (χ0n) is 15.1. The van der Waals surface area contributed by atoms with E-state index in [-0.39, 0.29) is 0 Å². The first-order valence-corrected chi connectivity index (χ1v) is 8.76. The van der Waals surface area contributed by atoms with Crippen LogP contribution in [0.25, 0.3) is 0 Å². The highest BCUT2D eigenvalue weighted by Gasteiger charge is 2.38. The first kappa shape index (κ1) is 20.4. The number of hydrogen-bond acceptors (Lipinski definition) is 4. The molecule has 0 unspecified atom stereocenters. The number of anilines is 2. The number of alkyl halides is 3. The molecule has 2 atom stereocenters. The summed E-state index contributed by atoms with van der Waals surface area (Å²) in [7, 11) is 0. The van der Waals surface area contributed by atoms with Crippen LogP contribution in [0.5, 0.6) is 0 Å². The molecule has 0 saturated carbocycles. The zero-order valence-corrected chi connectivity index (χ0v) is 15.1. The van der Waals surface area contributed by atoms with E-state index >= 15 is 0 Å². The number of halogens is 3. The Kier molecular flexibility index (Phi) is 6.39. The third kappa shape index (κ3) is 5.03. The van der Waals surface area contributed by atoms with Crippen LogP contribution in [-0.4, -0.2) is 53.9 Å². The second kappa shape index (κ2) is 8.16. The lowest BCUT2D eigenvalue weighted by molar-refractivity contribution is -0.192. The predicted octanol–water partition coefficient (Wildman–Crippen LogP) is 3.27. The van der Waals surface area contributed by atoms with Gasteiger partial charge in [0, 0.05) is 36.5 Å². The molecular weight excluding hydrogens is 347 g/mol. The molecule has 0 radical (unpaired) electrons. The van der Waals surface area contributed by atoms with Crippen molar-refractivity contribution in [3.05, 3.63) is 23.8 Å². The molecule has 2 heterocycles. The molecule has 8 heteroatoms. The van der Waals surface area contributed by atoms with Gasteiger partial charge in [0.15, 0.2) is 0 Å². The number of carboxylic acids is 1. The van der Waals surface area contributed by atoms with Crippen molar-refractivity contribution < 1.29 is 23.1 Å². The number of likely N-dealkylation sites (tertiary alicyclic amines) is 1. The summed E-state index contributed by atoms with van der Waals surface area (Å²) >= 11 is 0. The molecule has 1 aromatic carbocycles. The Morgan fingerprint density at radius 1 is 1.27 bits per heavy atom. The van der Waals surface area contributed by atoms with Gasteiger partial charge in [-0.15, -0.1) is 0 Å². The molecule has 146 valence electrons. The summed E-state index contributed by atoms with van der Waals surface area (Å²) in [4.78, 5) is 14.1. The zero-order chi connectivity index (χ0) is 19.5. The van der Waals surface area contributed by atoms with E-state index in [1.54, 1.807) is 0 Å². The number of benzene rings is 1. The largest absolute Gasteiger partial charge is 0.490 e. The Labute approximate surface area is 151 Å². The maximum Gasteiger partial charge on any atom is 0.490 e. The summed E-state index contributed by atoms with van der Waals surface area (Å²) in [6.07, 6.45) is -1.04. The van der Waals surface area contributed by atoms with Gasteiger partial charge in [-0.1, -0.05) is 0 Å². The second-order valence-electron chi connectivity index (χ2n) is 6.96. The van der Waals surface area contributed by atoms with E-state index in [1.807, 2.05) is 6.07 Å². The average Bonchev–Trinajstić information content (AvgIpc) is 3.18. The SMILES string of the molecule is Cc1cc(N2CC[C@H](N3CCC[C@@H]3C)C2)ccc1N.O=C(O)C(F)(F)F. The van der Waals surface area contributed by atoms with Crippen molar-refractivity contribution in [2.24, 2.45) is 0 Å². The number of carboxylic acid groups (broad SMARTS) is 1. The van der Waals surface area contributed by atoms with E-state index in [2.05, 4.69) is 35.8 Å². The summed E-state index contributed by atoms with van der Waals surface area (Å²) in [6.45, 7) is 8.11. The third-order valence-corrected chi connectivity index (χ3v) is 5.10. The quantitative estimate of drug-likeness (QED) is 0.779. The third-order valence-electron chi connectivity index (χ3n) is 5.10. The van der Waals surface area contributed by atoms with Gasteiger partial charge in [-0.3, -0.25) is 4.90 Å². The predicted molar refractivity (Wildman–Crippen MR) is 95.3 cm³/mol. The fourth-order valence-electron chi connectivity index (χ4n) is 3.60. The van der Waals surface area contributed by atoms with Gasteiger partial charge in [0.25, 0.3) is 0 Å². The van der Waals surface area contributed by atoms with Crippen molar-refractivity contribution in [1.82, 2.24) is 4.90 Å². The van der Waals surface area contributed by atoms with Gasteiger partial charge in [0.05, 0.1) is 0 Å². The minimum atomic E-state index is -5.08. The maximum atomic E-state index is 10.6. The molecule has 5 nitrogen and oxygen atoms in total. The Bertz CT molecular complexity index is 637. The van der Waals surface area contributed by atoms with Crippen LogP contribution >= 0.6 is 0 Å². The molecule has 2 aliphatic rings. The van der Waals surface area contributed by atoms with Crippen LogP contribution in [0.4, 0.5) is 24.5 Å². The van der Waals surface area contributed by atoms with E-state index in [4.69, 9.17) is 15.6 Å². The Morgan fingerprint density at radius 2 is 1.92 bits per heavy atom. The summed E-state index contributed by atoms with van der Waals surface area (Å²) in [6, 6.07) is 7.95. The molecule has 0 aliphatic carbocycles. The van der Waals surface area contributed by atoms with Crippen LogP contribution in [0.15, 0.2) is 18.2 Å². The molecule has 3 rings (SSSR count). The molecule has 3 N–H and O–H groups in total. The van der Waals surface area contributed by atoms with Gasteiger partial charge in [-0.25, -0.2) is 4.79 Å². The first-order valence-electron chi connectivity index (χ1n) is 8.76. The van der Waals surface area contributed by atoms with Crippen LogP contribution in [0, 0.1) is 6.92 Å². The molecular formula is C18H26F3N3O2. The number of aryl methyl sites for hydroxylation is 1. The Hall–Kier alpha value is -1.96. The number of rotatable bonds is 2. The summed E-state index contributed by atoms with van der Waals surface area (Å²) < 4.78 is 31.7. The van der Waals surface area contributed by atoms with Gasteiger partial charge in [0.1, 0.15) is 0 Å². The highest BCUT2D eigenvalue weighted by Crippen LogP contribution is 2.29. The fraction of sp³-hybridized carbons (Fsp3) is 0.611. The molecule has 2 fully saturated rings. The van der Waals surface area contributed by atoms with Gasteiger partial charge in [-0.05, 0) is 63.4 Å². The Balaban J connectivity index is 0.000000298. The maximum absolute atomic E-state index is 10.6. The van der Waals surface area contributed by atoms with E-state index in [9.17, 15) is 13.2 Å². The molecule has 0 amide bonds. The van der Waals surface area contributed by atoms with Crippen molar-refractivity contribution in [3.8, 4) is 0 Å². The smallest absolute Gasteiger partial charge is 0.475 e. The van der Waals surface area contributed by atoms with Crippen molar-refractivity contribution in [2.75, 3.05) is 30.3 Å². The topological polar surface area (TPSA) is 69.8 Å². The molecule has 0 aromatic heterocycles. The van der Waals surface area contributed by atoms with Crippen LogP contribution in [-0.2, 0) is 4.79 Å². The number of carbonyl (C=O) groups is 1. The van der Waals surface area contributed by atoms with Crippen LogP contribution in [0.1, 0.15) is 31.7 Å². The van der Waals surface area contributed by atoms with E-state index < -0.39 is 12.1 Å². The van der Waals surface area contributed by atoms with Gasteiger partial charge < -0.3 is 15.7 Å². The minimum absolute atomic E-state index is 0.746. The lowest BCUT2D eigenvalue weighted by atomic mass is 10.1. The summed E-state index contributed by atoms with van der Waals surface area (Å²) in [5, 5.41) is 7.12. The highest BCUT2D eigenvalue weighted by molar-refractivity contribution is 5.73. The standard InChI is InChI=1S/C16H25N3.C2HF3O2/c1-12-10-14(5-6-16(12)17)18-9-7-15(11-18)19-8-3-4-13(19)2;3-2(4,5)1(6)7/h5-6,10,13,15H,3-4,7-9,11,17H2,1-2H3;(H,6,7)/t13-,15-;/m0./s1. The van der Waals surface area contributed by atoms with Gasteiger partial charge >= 0.3 is 12.1 Å². The van der Waals surface area contributed by atoms with Crippen molar-refractivity contribution >= 4 is 17.3 Å². The lowest BCUT2D eigenvalue weighted by Gasteiger charge is -2.28. The van der Waals surface area contributed by atoms with Crippen LogP contribution in [0.3, 0.4) is 0 Å². The second-order valence-corrected chi connectivity index (χ2v) is 6.96. The van der Waals surface area contributed by atoms with Crippen LogP contribution < -0.4 is 10.6 Å². The molecule has 0 bridgehead atoms. The van der Waals surface area contributed by atoms with Crippen LogP contribution in [0.2, 0.25) is 0 Å². The molecule has 2 saturated heterocycles. The van der Waals surface area contributed by atoms with Gasteiger partial charge in [0.2, 0.25) is 0 Å². The van der Waals surface area contributed by atoms with Crippen molar-refractivity contribution in [1.29, 1.82) is 0 Å². The first-order chi connectivity index (χ1) is 12.1. The minimum Gasteiger partial charge on any atom is -0.475 e. The number of hydrogen-bond donors (Lipinski definition) is 2. The van der Waals surface area contributed by atoms with Gasteiger partial charge in [-0.2, -0.15) is 13.2 Å². The monoisotopic (exact) mass is 373 g/mol. The highest BCUT2D eigenvalue weighted by atomic mass is 19.4. The normalized spacial score (nSPS) is 23.7.